The number of hydrogen-bond donors (Lipinski definition) is 3. The van der Waals surface area contributed by atoms with E-state index in [4.69, 9.17) is 0 Å². The van der Waals surface area contributed by atoms with E-state index in [1.54, 1.807) is 12.5 Å². The molecule has 29 heavy (non-hydrogen) atoms. The van der Waals surface area contributed by atoms with Gasteiger partial charge in [-0.3, -0.25) is 9.78 Å². The minimum absolute atomic E-state index is 0.0512. The maximum atomic E-state index is 12.1. The Bertz CT molecular complexity index is 1240. The van der Waals surface area contributed by atoms with Gasteiger partial charge >= 0.3 is 0 Å². The SMILES string of the molecule is CC[C@@H](O)c1cc(C)c(-c2cc3nc(NC(=O)C4CC4)sc3c3[nH]cnc23)cn1. The number of benzene rings is 1. The Balaban J connectivity index is 1.62. The largest absolute Gasteiger partial charge is 0.387 e. The second-order valence-electron chi connectivity index (χ2n) is 7.53. The highest BCUT2D eigenvalue weighted by Crippen LogP contribution is 2.39. The van der Waals surface area contributed by atoms with Crippen LogP contribution in [0.1, 0.15) is 43.5 Å². The number of amides is 1. The second-order valence-corrected chi connectivity index (χ2v) is 8.53. The first-order chi connectivity index (χ1) is 14.0. The van der Waals surface area contributed by atoms with Crippen LogP contribution in [0.3, 0.4) is 0 Å². The van der Waals surface area contributed by atoms with Crippen LogP contribution in [0, 0.1) is 12.8 Å². The lowest BCUT2D eigenvalue weighted by molar-refractivity contribution is -0.117. The first kappa shape index (κ1) is 18.2. The van der Waals surface area contributed by atoms with Crippen molar-refractivity contribution in [3.63, 3.8) is 0 Å². The molecule has 1 atom stereocenters. The maximum absolute atomic E-state index is 12.1. The number of aliphatic hydroxyl groups excluding tert-OH is 1. The fourth-order valence-electron chi connectivity index (χ4n) is 3.55. The molecular weight excluding hydrogens is 386 g/mol. The number of carbonyl (C=O) groups is 1. The van der Waals surface area contributed by atoms with Gasteiger partial charge < -0.3 is 15.4 Å². The predicted octanol–water partition coefficient (Wildman–Crippen LogP) is 4.33. The highest BCUT2D eigenvalue weighted by molar-refractivity contribution is 7.23. The van der Waals surface area contributed by atoms with E-state index < -0.39 is 6.10 Å². The van der Waals surface area contributed by atoms with Crippen LogP contribution >= 0.6 is 11.3 Å². The van der Waals surface area contributed by atoms with Gasteiger partial charge in [0.15, 0.2) is 5.13 Å². The van der Waals surface area contributed by atoms with Crippen LogP contribution in [0.15, 0.2) is 24.7 Å². The number of aromatic amines is 1. The van der Waals surface area contributed by atoms with Crippen LogP contribution in [0.5, 0.6) is 0 Å². The van der Waals surface area contributed by atoms with Crippen molar-refractivity contribution in [2.75, 3.05) is 5.32 Å². The lowest BCUT2D eigenvalue weighted by Gasteiger charge is -2.12. The monoisotopic (exact) mass is 407 g/mol. The molecule has 3 aromatic heterocycles. The summed E-state index contributed by atoms with van der Waals surface area (Å²) in [6.45, 7) is 3.94. The van der Waals surface area contributed by atoms with Crippen molar-refractivity contribution in [3.05, 3.63) is 35.9 Å². The Morgan fingerprint density at radius 1 is 1.34 bits per heavy atom. The van der Waals surface area contributed by atoms with Gasteiger partial charge in [-0.05, 0) is 43.9 Å². The Morgan fingerprint density at radius 2 is 2.17 bits per heavy atom. The number of aliphatic hydroxyl groups is 1. The van der Waals surface area contributed by atoms with Crippen LogP contribution in [0.4, 0.5) is 5.13 Å². The fraction of sp³-hybridized carbons (Fsp3) is 0.333. The quantitative estimate of drug-likeness (QED) is 0.457. The smallest absolute Gasteiger partial charge is 0.229 e. The number of H-pyrrole nitrogens is 1. The van der Waals surface area contributed by atoms with Crippen molar-refractivity contribution >= 4 is 43.6 Å². The summed E-state index contributed by atoms with van der Waals surface area (Å²) in [4.78, 5) is 29.0. The van der Waals surface area contributed by atoms with Crippen molar-refractivity contribution in [2.24, 2.45) is 5.92 Å². The van der Waals surface area contributed by atoms with Gasteiger partial charge in [0.1, 0.15) is 0 Å². The van der Waals surface area contributed by atoms with Gasteiger partial charge in [-0.25, -0.2) is 9.97 Å². The predicted molar refractivity (Wildman–Crippen MR) is 114 cm³/mol. The molecular formula is C21H21N5O2S. The highest BCUT2D eigenvalue weighted by Gasteiger charge is 2.30. The Kier molecular flexibility index (Phi) is 4.33. The first-order valence-electron chi connectivity index (χ1n) is 9.77. The molecule has 4 aromatic rings. The number of nitrogens with zero attached hydrogens (tertiary/aromatic N) is 3. The van der Waals surface area contributed by atoms with Gasteiger partial charge in [-0.15, -0.1) is 0 Å². The van der Waals surface area contributed by atoms with Crippen molar-refractivity contribution < 1.29 is 9.90 Å². The molecule has 8 heteroatoms. The molecule has 0 spiro atoms. The maximum Gasteiger partial charge on any atom is 0.229 e. The van der Waals surface area contributed by atoms with Gasteiger partial charge in [0.25, 0.3) is 0 Å². The molecule has 5 rings (SSSR count). The van der Waals surface area contributed by atoms with Crippen LogP contribution in [-0.4, -0.2) is 30.9 Å². The first-order valence-corrected chi connectivity index (χ1v) is 10.6. The summed E-state index contributed by atoms with van der Waals surface area (Å²) in [5.41, 5.74) is 6.13. The summed E-state index contributed by atoms with van der Waals surface area (Å²) < 4.78 is 0.969. The Labute approximate surface area is 171 Å². The molecule has 0 saturated heterocycles. The van der Waals surface area contributed by atoms with Gasteiger partial charge in [-0.2, -0.15) is 0 Å². The van der Waals surface area contributed by atoms with Crippen molar-refractivity contribution in [1.29, 1.82) is 0 Å². The lowest BCUT2D eigenvalue weighted by atomic mass is 9.99. The topological polar surface area (TPSA) is 104 Å². The molecule has 1 aliphatic carbocycles. The molecule has 3 N–H and O–H groups in total. The molecule has 0 radical (unpaired) electrons. The zero-order valence-electron chi connectivity index (χ0n) is 16.2. The summed E-state index contributed by atoms with van der Waals surface area (Å²) in [5, 5.41) is 13.6. The average Bonchev–Trinajstić information content (AvgIpc) is 3.31. The van der Waals surface area contributed by atoms with Crippen LogP contribution in [0.25, 0.3) is 32.4 Å². The molecule has 148 valence electrons. The number of thiazole rings is 1. The average molecular weight is 407 g/mol. The molecule has 0 aliphatic heterocycles. The summed E-state index contributed by atoms with van der Waals surface area (Å²) >= 11 is 1.46. The van der Waals surface area contributed by atoms with E-state index in [-0.39, 0.29) is 11.8 Å². The third kappa shape index (κ3) is 3.18. The summed E-state index contributed by atoms with van der Waals surface area (Å²) in [6.07, 6.45) is 5.44. The number of anilines is 1. The number of aromatic nitrogens is 4. The standard InChI is InChI=1S/C21H21N5O2S/c1-3-16(27)14-6-10(2)13(8-22-14)12-7-15-19(18-17(12)23-9-24-18)29-21(25-15)26-20(28)11-4-5-11/h6-9,11,16,27H,3-5H2,1-2H3,(H,23,24)(H,25,26,28)/t16-/m1/s1. The van der Waals surface area contributed by atoms with E-state index >= 15 is 0 Å². The third-order valence-electron chi connectivity index (χ3n) is 5.38. The Hall–Kier alpha value is -2.84. The zero-order chi connectivity index (χ0) is 20.1. The van der Waals surface area contributed by atoms with E-state index in [1.165, 1.54) is 11.3 Å². The molecule has 7 nitrogen and oxygen atoms in total. The van der Waals surface area contributed by atoms with E-state index in [9.17, 15) is 9.90 Å². The lowest BCUT2D eigenvalue weighted by Crippen LogP contribution is -2.12. The summed E-state index contributed by atoms with van der Waals surface area (Å²) in [5.74, 6) is 0.186. The highest BCUT2D eigenvalue weighted by atomic mass is 32.1. The number of hydrogen-bond acceptors (Lipinski definition) is 6. The molecule has 1 amide bonds. The number of carbonyl (C=O) groups excluding carboxylic acids is 1. The normalized spacial score (nSPS) is 15.1. The minimum Gasteiger partial charge on any atom is -0.387 e. The van der Waals surface area contributed by atoms with Crippen LogP contribution in [0.2, 0.25) is 0 Å². The molecule has 1 saturated carbocycles. The van der Waals surface area contributed by atoms with E-state index in [2.05, 4.69) is 25.3 Å². The minimum atomic E-state index is -0.563. The number of pyridine rings is 1. The summed E-state index contributed by atoms with van der Waals surface area (Å²) in [7, 11) is 0. The number of aryl methyl sites for hydroxylation is 1. The van der Waals surface area contributed by atoms with Crippen molar-refractivity contribution in [1.82, 2.24) is 19.9 Å². The molecule has 3 heterocycles. The number of nitrogens with one attached hydrogen (secondary N) is 2. The van der Waals surface area contributed by atoms with Gasteiger partial charge in [-0.1, -0.05) is 18.3 Å². The number of rotatable bonds is 5. The second kappa shape index (κ2) is 6.89. The summed E-state index contributed by atoms with van der Waals surface area (Å²) in [6, 6.07) is 3.93. The molecule has 1 aromatic carbocycles. The number of fused-ring (bicyclic) bond motifs is 3. The van der Waals surface area contributed by atoms with Crippen molar-refractivity contribution in [2.45, 2.75) is 39.2 Å². The zero-order valence-corrected chi connectivity index (χ0v) is 17.0. The van der Waals surface area contributed by atoms with E-state index in [0.717, 1.165) is 50.8 Å². The van der Waals surface area contributed by atoms with Gasteiger partial charge in [0.05, 0.1) is 39.4 Å². The Morgan fingerprint density at radius 3 is 2.90 bits per heavy atom. The molecule has 0 unspecified atom stereocenters. The third-order valence-corrected chi connectivity index (χ3v) is 6.39. The molecule has 1 aliphatic rings. The van der Waals surface area contributed by atoms with Crippen LogP contribution < -0.4 is 5.32 Å². The van der Waals surface area contributed by atoms with Gasteiger partial charge in [0.2, 0.25) is 5.91 Å². The van der Waals surface area contributed by atoms with Crippen LogP contribution in [-0.2, 0) is 4.79 Å². The molecule has 0 bridgehead atoms. The fourth-order valence-corrected chi connectivity index (χ4v) is 4.50. The number of imidazole rings is 1. The van der Waals surface area contributed by atoms with Gasteiger partial charge in [0, 0.05) is 23.2 Å². The molecule has 1 fully saturated rings. The van der Waals surface area contributed by atoms with E-state index in [0.29, 0.717) is 17.2 Å². The van der Waals surface area contributed by atoms with Crippen molar-refractivity contribution in [3.8, 4) is 11.1 Å². The van der Waals surface area contributed by atoms with E-state index in [1.807, 2.05) is 26.0 Å².